The zero-order valence-corrected chi connectivity index (χ0v) is 26.9. The molecule has 184 valence electrons. The molecule has 6 rings (SSSR count). The van der Waals surface area contributed by atoms with Gasteiger partial charge in [-0.15, -0.1) is 71.8 Å². The Kier molecular flexibility index (Phi) is 20.8. The van der Waals surface area contributed by atoms with Gasteiger partial charge in [0.2, 0.25) is 0 Å². The molecular formula is C30H32Cl2Si2Zr-6. The number of halogens is 2. The van der Waals surface area contributed by atoms with E-state index in [9.17, 15) is 0 Å². The summed E-state index contributed by atoms with van der Waals surface area (Å²) < 4.78 is 0. The molecule has 2 aliphatic carbocycles. The van der Waals surface area contributed by atoms with Gasteiger partial charge in [-0.25, -0.2) is 12.2 Å². The Labute approximate surface area is 240 Å². The van der Waals surface area contributed by atoms with E-state index in [1.807, 2.05) is 18.2 Å². The van der Waals surface area contributed by atoms with Crippen LogP contribution < -0.4 is 0 Å². The largest absolute Gasteiger partial charge is 0.147 e. The molecule has 4 aromatic rings. The van der Waals surface area contributed by atoms with Crippen molar-refractivity contribution in [1.82, 2.24) is 0 Å². The fourth-order valence-electron chi connectivity index (χ4n) is 4.07. The molecule has 0 aliphatic heterocycles. The Morgan fingerprint density at radius 2 is 1.34 bits per heavy atom. The Morgan fingerprint density at radius 1 is 0.743 bits per heavy atom. The molecule has 0 N–H and O–H groups in total. The van der Waals surface area contributed by atoms with Crippen molar-refractivity contribution in [3.05, 3.63) is 138 Å². The third-order valence-electron chi connectivity index (χ3n) is 5.19. The molecule has 0 heterocycles. The molecule has 2 aliphatic rings. The first-order valence-electron chi connectivity index (χ1n) is 9.57. The van der Waals surface area contributed by atoms with Crippen LogP contribution in [0.3, 0.4) is 0 Å². The molecule has 0 saturated heterocycles. The Balaban J connectivity index is -0.000000645. The predicted octanol–water partition coefficient (Wildman–Crippen LogP) is 8.55. The first kappa shape index (κ1) is 38.3. The summed E-state index contributed by atoms with van der Waals surface area (Å²) in [7, 11) is 0. The minimum absolute atomic E-state index is 0. The van der Waals surface area contributed by atoms with Crippen molar-refractivity contribution >= 4 is 60.1 Å². The zero-order chi connectivity index (χ0) is 20.1. The second kappa shape index (κ2) is 19.0. The smallest absolute Gasteiger partial charge is 0.0240 e. The van der Waals surface area contributed by atoms with Crippen molar-refractivity contribution in [1.29, 1.82) is 0 Å². The van der Waals surface area contributed by atoms with Crippen LogP contribution >= 0.6 is 24.8 Å². The number of rotatable bonds is 0. The topological polar surface area (TPSA) is 0 Å². The summed E-state index contributed by atoms with van der Waals surface area (Å²) in [5.41, 5.74) is 5.67. The monoisotopic (exact) mass is 608 g/mol. The van der Waals surface area contributed by atoms with E-state index in [1.54, 1.807) is 0 Å². The summed E-state index contributed by atoms with van der Waals surface area (Å²) in [4.78, 5) is 0. The summed E-state index contributed by atoms with van der Waals surface area (Å²) in [6.07, 6.45) is 11.0. The molecule has 0 nitrogen and oxygen atoms in total. The zero-order valence-electron chi connectivity index (χ0n) is 20.8. The first-order chi connectivity index (χ1) is 14.3. The molecular weight excluding hydrogens is 579 g/mol. The van der Waals surface area contributed by atoms with Gasteiger partial charge in [0, 0.05) is 0 Å². The summed E-state index contributed by atoms with van der Waals surface area (Å²) >= 11 is -0.159. The predicted molar refractivity (Wildman–Crippen MR) is 162 cm³/mol. The van der Waals surface area contributed by atoms with Crippen molar-refractivity contribution in [3.63, 3.8) is 0 Å². The van der Waals surface area contributed by atoms with Crippen LogP contribution in [0, 0.1) is 41.8 Å². The fraction of sp³-hybridized carbons (Fsp3) is 0.0667. The van der Waals surface area contributed by atoms with Crippen LogP contribution in [0.1, 0.15) is 17.5 Å². The van der Waals surface area contributed by atoms with Gasteiger partial charge in [-0.1, -0.05) is 53.9 Å². The van der Waals surface area contributed by atoms with E-state index in [0.717, 1.165) is 12.8 Å². The van der Waals surface area contributed by atoms with Crippen molar-refractivity contribution in [2.75, 3.05) is 0 Å². The van der Waals surface area contributed by atoms with Gasteiger partial charge >= 0.3 is 34.2 Å². The quantitative estimate of drug-likeness (QED) is 0.0937. The summed E-state index contributed by atoms with van der Waals surface area (Å²) in [5, 5.41) is 5.30. The average molecular weight is 611 g/mol. The van der Waals surface area contributed by atoms with E-state index in [2.05, 4.69) is 92.6 Å². The normalized spacial score (nSPS) is 10.3. The molecule has 0 spiro atoms. The minimum Gasteiger partial charge on any atom is -0.147 e. The van der Waals surface area contributed by atoms with Crippen molar-refractivity contribution in [3.8, 4) is 11.1 Å². The van der Waals surface area contributed by atoms with Crippen LogP contribution in [-0.4, -0.2) is 13.8 Å². The number of fused-ring (bicyclic) bond motifs is 8. The van der Waals surface area contributed by atoms with Crippen LogP contribution in [-0.2, 0) is 26.9 Å². The molecule has 0 bridgehead atoms. The van der Waals surface area contributed by atoms with Crippen molar-refractivity contribution in [2.24, 2.45) is 0 Å². The third-order valence-corrected chi connectivity index (χ3v) is 5.19. The van der Waals surface area contributed by atoms with E-state index in [-0.39, 0.29) is 75.0 Å². The van der Waals surface area contributed by atoms with E-state index in [0.29, 0.717) is 0 Å². The third kappa shape index (κ3) is 8.41. The van der Waals surface area contributed by atoms with Gasteiger partial charge in [0.25, 0.3) is 0 Å². The maximum absolute atomic E-state index is 3.48. The molecule has 5 heteroatoms. The van der Waals surface area contributed by atoms with Gasteiger partial charge in [-0.05, 0) is 28.5 Å². The molecule has 0 atom stereocenters. The minimum atomic E-state index is -0.159. The van der Waals surface area contributed by atoms with Crippen LogP contribution in [0.2, 0.25) is 0 Å². The Bertz CT molecular complexity index is 1280. The molecule has 35 heavy (non-hydrogen) atoms. The van der Waals surface area contributed by atoms with Gasteiger partial charge in [-0.3, -0.25) is 6.08 Å². The van der Waals surface area contributed by atoms with E-state index in [4.69, 9.17) is 0 Å². The average Bonchev–Trinajstić information content (AvgIpc) is 3.46. The number of benzene rings is 4. The number of hydrogen-bond acceptors (Lipinski definition) is 0. The van der Waals surface area contributed by atoms with Gasteiger partial charge in [0.05, 0.1) is 0 Å². The first-order valence-corrected chi connectivity index (χ1v) is 17.9. The maximum atomic E-state index is 3.48. The Morgan fingerprint density at radius 3 is 1.94 bits per heavy atom. The van der Waals surface area contributed by atoms with Crippen LogP contribution in [0.4, 0.5) is 0 Å². The van der Waals surface area contributed by atoms with E-state index >= 15 is 0 Å². The van der Waals surface area contributed by atoms with Crippen LogP contribution in [0.15, 0.2) is 85.0 Å². The summed E-state index contributed by atoms with van der Waals surface area (Å²) in [5.74, 6) is 0. The van der Waals surface area contributed by atoms with Crippen LogP contribution in [0.5, 0.6) is 0 Å². The second-order valence-corrected chi connectivity index (χ2v) is 13.4. The molecule has 0 fully saturated rings. The molecule has 0 amide bonds. The van der Waals surface area contributed by atoms with Crippen LogP contribution in [0.25, 0.3) is 32.7 Å². The number of allylic oxidation sites excluding steroid dienone is 4. The second-order valence-electron chi connectivity index (χ2n) is 6.82. The van der Waals surface area contributed by atoms with Crippen molar-refractivity contribution in [2.45, 2.75) is 12.8 Å². The maximum Gasteiger partial charge on any atom is -0.0240 e. The van der Waals surface area contributed by atoms with E-state index in [1.165, 1.54) is 43.8 Å². The molecule has 4 aromatic carbocycles. The van der Waals surface area contributed by atoms with Gasteiger partial charge in [-0.2, -0.15) is 6.08 Å². The standard InChI is InChI=1S/C21H13.C5H5.4CH3.2ClH.2Si.Zr/c1-2-8-15-14(7-1)13-20-18-11-4-3-9-16(18)17-10-5-6-12-19(17)21(15)20;1-2-4-5-3-1;;;;;;;;;/h1-10,12H,13H2;1-3H,4H2;4*1H3;2*1H;;;/q6*-1;;;;;. The fourth-order valence-corrected chi connectivity index (χ4v) is 4.07. The number of hydrogen-bond donors (Lipinski definition) is 0. The van der Waals surface area contributed by atoms with Gasteiger partial charge < -0.3 is 29.7 Å². The molecule has 0 aromatic heterocycles. The molecule has 0 saturated carbocycles. The van der Waals surface area contributed by atoms with Gasteiger partial charge in [0.1, 0.15) is 0 Å². The summed E-state index contributed by atoms with van der Waals surface area (Å²) in [6, 6.07) is 27.3. The van der Waals surface area contributed by atoms with Gasteiger partial charge in [0.15, 0.2) is 0 Å². The Hall–Kier alpha value is -1.22. The SMILES string of the molecule is Cl.Cl.[C-]1=CC=CC1.[CH3-].[CH3-].[CH3-].[CH3-].[Si]=[Zr]=[Si].[c-]1cccc2c1c1c(c3ccccc32)-c2ccccc2C1. The molecule has 4 radical (unpaired) electrons. The molecule has 0 unspecified atom stereocenters. The van der Waals surface area contributed by atoms with Crippen molar-refractivity contribution < 1.29 is 20.5 Å². The summed E-state index contributed by atoms with van der Waals surface area (Å²) in [6.45, 7) is 6.53. The van der Waals surface area contributed by atoms with E-state index < -0.39 is 0 Å².